The second kappa shape index (κ2) is 6.31. The summed E-state index contributed by atoms with van der Waals surface area (Å²) in [7, 11) is -2.79. The van der Waals surface area contributed by atoms with Gasteiger partial charge >= 0.3 is 5.97 Å². The molecule has 19 heavy (non-hydrogen) atoms. The molecule has 0 saturated heterocycles. The second-order valence-corrected chi connectivity index (χ2v) is 6.05. The first-order valence-corrected chi connectivity index (χ1v) is 7.30. The summed E-state index contributed by atoms with van der Waals surface area (Å²) in [5.41, 5.74) is 0. The number of ether oxygens (including phenoxy) is 1. The Hall–Kier alpha value is -1.19. The van der Waals surface area contributed by atoms with E-state index in [-0.39, 0.29) is 28.1 Å². The van der Waals surface area contributed by atoms with Crippen molar-refractivity contribution in [2.75, 3.05) is 13.7 Å². The molecule has 0 aliphatic heterocycles. The van der Waals surface area contributed by atoms with Crippen LogP contribution in [0.1, 0.15) is 6.42 Å². The number of carboxylic acids is 1. The van der Waals surface area contributed by atoms with E-state index in [1.54, 1.807) is 0 Å². The number of carbonyl (C=O) groups is 1. The molecule has 9 heteroatoms. The minimum atomic E-state index is -4.04. The SMILES string of the molecule is COc1cc(Br)c(F)cc1S(=O)(=O)NCCC(=O)O. The van der Waals surface area contributed by atoms with Crippen LogP contribution in [-0.4, -0.2) is 33.1 Å². The predicted molar refractivity (Wildman–Crippen MR) is 68.1 cm³/mol. The molecule has 0 radical (unpaired) electrons. The molecule has 0 unspecified atom stereocenters. The number of hydrogen-bond donors (Lipinski definition) is 2. The van der Waals surface area contributed by atoms with E-state index < -0.39 is 21.8 Å². The number of nitrogens with one attached hydrogen (secondary N) is 1. The number of hydrogen-bond acceptors (Lipinski definition) is 4. The molecule has 106 valence electrons. The van der Waals surface area contributed by atoms with Gasteiger partial charge in [0.25, 0.3) is 0 Å². The molecule has 0 aliphatic carbocycles. The van der Waals surface area contributed by atoms with Gasteiger partial charge in [-0.25, -0.2) is 17.5 Å². The number of sulfonamides is 1. The minimum absolute atomic E-state index is 0.0453. The molecule has 0 aromatic heterocycles. The molecule has 0 bridgehead atoms. The van der Waals surface area contributed by atoms with E-state index in [2.05, 4.69) is 20.7 Å². The van der Waals surface area contributed by atoms with E-state index in [9.17, 15) is 17.6 Å². The third-order valence-electron chi connectivity index (χ3n) is 2.13. The van der Waals surface area contributed by atoms with E-state index in [0.717, 1.165) is 6.07 Å². The molecule has 2 N–H and O–H groups in total. The highest BCUT2D eigenvalue weighted by atomic mass is 79.9. The quantitative estimate of drug-likeness (QED) is 0.803. The molecule has 1 aromatic carbocycles. The van der Waals surface area contributed by atoms with Crippen LogP contribution in [0.15, 0.2) is 21.5 Å². The zero-order valence-electron chi connectivity index (χ0n) is 9.81. The largest absolute Gasteiger partial charge is 0.495 e. The number of rotatable bonds is 6. The van der Waals surface area contributed by atoms with Crippen molar-refractivity contribution in [1.29, 1.82) is 0 Å². The summed E-state index contributed by atoms with van der Waals surface area (Å²) in [6, 6.07) is 1.98. The smallest absolute Gasteiger partial charge is 0.304 e. The van der Waals surface area contributed by atoms with Crippen LogP contribution in [0, 0.1) is 5.82 Å². The number of benzene rings is 1. The van der Waals surface area contributed by atoms with Gasteiger partial charge in [-0.2, -0.15) is 0 Å². The lowest BCUT2D eigenvalue weighted by Crippen LogP contribution is -2.26. The van der Waals surface area contributed by atoms with Gasteiger partial charge < -0.3 is 9.84 Å². The Balaban J connectivity index is 3.06. The highest BCUT2D eigenvalue weighted by molar-refractivity contribution is 9.10. The van der Waals surface area contributed by atoms with E-state index in [4.69, 9.17) is 9.84 Å². The van der Waals surface area contributed by atoms with Crippen LogP contribution in [-0.2, 0) is 14.8 Å². The summed E-state index contributed by atoms with van der Waals surface area (Å²) < 4.78 is 44.2. The Kier molecular flexibility index (Phi) is 5.27. The average Bonchev–Trinajstić information content (AvgIpc) is 2.31. The summed E-state index contributed by atoms with van der Waals surface area (Å²) in [5.74, 6) is -1.95. The summed E-state index contributed by atoms with van der Waals surface area (Å²) in [6.07, 6.45) is -0.374. The lowest BCUT2D eigenvalue weighted by Gasteiger charge is -2.11. The van der Waals surface area contributed by atoms with Gasteiger partial charge in [-0.1, -0.05) is 0 Å². The lowest BCUT2D eigenvalue weighted by molar-refractivity contribution is -0.136. The summed E-state index contributed by atoms with van der Waals surface area (Å²) in [6.45, 7) is -0.293. The number of carboxylic acid groups (broad SMARTS) is 1. The standard InChI is InChI=1S/C10H11BrFNO5S/c1-18-8-4-6(11)7(12)5-9(8)19(16,17)13-3-2-10(14)15/h4-5,13H,2-3H2,1H3,(H,14,15). The maximum atomic E-state index is 13.4. The molecule has 0 atom stereocenters. The van der Waals surface area contributed by atoms with Crippen molar-refractivity contribution in [2.45, 2.75) is 11.3 Å². The molecule has 0 heterocycles. The van der Waals surface area contributed by atoms with Gasteiger partial charge in [-0.05, 0) is 28.1 Å². The third-order valence-corrected chi connectivity index (χ3v) is 4.22. The molecule has 0 fully saturated rings. The highest BCUT2D eigenvalue weighted by Gasteiger charge is 2.21. The van der Waals surface area contributed by atoms with Crippen molar-refractivity contribution in [1.82, 2.24) is 4.72 Å². The zero-order chi connectivity index (χ0) is 14.6. The van der Waals surface area contributed by atoms with Crippen LogP contribution in [0.3, 0.4) is 0 Å². The Morgan fingerprint density at radius 3 is 2.68 bits per heavy atom. The van der Waals surface area contributed by atoms with Crippen LogP contribution in [0.5, 0.6) is 5.75 Å². The molecule has 0 amide bonds. The van der Waals surface area contributed by atoms with Gasteiger partial charge in [-0.15, -0.1) is 0 Å². The van der Waals surface area contributed by atoms with Crippen molar-refractivity contribution in [2.24, 2.45) is 0 Å². The normalized spacial score (nSPS) is 11.3. The lowest BCUT2D eigenvalue weighted by atomic mass is 10.3. The number of halogens is 2. The maximum Gasteiger partial charge on any atom is 0.304 e. The molecule has 0 spiro atoms. The first-order chi connectivity index (χ1) is 8.77. The van der Waals surface area contributed by atoms with Crippen molar-refractivity contribution < 1.29 is 27.4 Å². The van der Waals surface area contributed by atoms with Gasteiger partial charge in [-0.3, -0.25) is 4.79 Å². The summed E-state index contributed by atoms with van der Waals surface area (Å²) in [4.78, 5) is 9.93. The van der Waals surface area contributed by atoms with Crippen LogP contribution in [0.4, 0.5) is 4.39 Å². The topological polar surface area (TPSA) is 92.7 Å². The van der Waals surface area contributed by atoms with Gasteiger partial charge in [0, 0.05) is 6.54 Å². The molecule has 1 aromatic rings. The fourth-order valence-corrected chi connectivity index (χ4v) is 2.76. The van der Waals surface area contributed by atoms with Gasteiger partial charge in [0.05, 0.1) is 18.0 Å². The van der Waals surface area contributed by atoms with Crippen molar-refractivity contribution in [3.63, 3.8) is 0 Å². The Morgan fingerprint density at radius 2 is 2.16 bits per heavy atom. The molecular weight excluding hydrogens is 345 g/mol. The molecule has 6 nitrogen and oxygen atoms in total. The monoisotopic (exact) mass is 355 g/mol. The Labute approximate surface area is 117 Å². The van der Waals surface area contributed by atoms with E-state index in [1.807, 2.05) is 0 Å². The van der Waals surface area contributed by atoms with Crippen LogP contribution >= 0.6 is 15.9 Å². The zero-order valence-corrected chi connectivity index (χ0v) is 12.2. The predicted octanol–water partition coefficient (Wildman–Crippen LogP) is 1.35. The van der Waals surface area contributed by atoms with E-state index in [0.29, 0.717) is 0 Å². The first-order valence-electron chi connectivity index (χ1n) is 5.02. The third kappa shape index (κ3) is 4.15. The van der Waals surface area contributed by atoms with E-state index in [1.165, 1.54) is 13.2 Å². The van der Waals surface area contributed by atoms with Crippen LogP contribution in [0.2, 0.25) is 0 Å². The average molecular weight is 356 g/mol. The van der Waals surface area contributed by atoms with Gasteiger partial charge in [0.1, 0.15) is 16.5 Å². The molecule has 1 rings (SSSR count). The van der Waals surface area contributed by atoms with Crippen LogP contribution < -0.4 is 9.46 Å². The first kappa shape index (κ1) is 15.9. The number of methoxy groups -OCH3 is 1. The van der Waals surface area contributed by atoms with Crippen molar-refractivity contribution in [3.8, 4) is 5.75 Å². The van der Waals surface area contributed by atoms with Crippen molar-refractivity contribution >= 4 is 31.9 Å². The molecule has 0 saturated carbocycles. The summed E-state index contributed by atoms with van der Waals surface area (Å²) in [5, 5.41) is 8.44. The molecular formula is C10H11BrFNO5S. The molecule has 0 aliphatic rings. The minimum Gasteiger partial charge on any atom is -0.495 e. The van der Waals surface area contributed by atoms with Crippen molar-refractivity contribution in [3.05, 3.63) is 22.4 Å². The Morgan fingerprint density at radius 1 is 1.53 bits per heavy atom. The maximum absolute atomic E-state index is 13.4. The number of aliphatic carboxylic acids is 1. The van der Waals surface area contributed by atoms with E-state index >= 15 is 0 Å². The van der Waals surface area contributed by atoms with Gasteiger partial charge in [0.2, 0.25) is 10.0 Å². The Bertz CT molecular complexity index is 590. The fraction of sp³-hybridized carbons (Fsp3) is 0.300. The highest BCUT2D eigenvalue weighted by Crippen LogP contribution is 2.29. The second-order valence-electron chi connectivity index (χ2n) is 3.46. The summed E-state index contributed by atoms with van der Waals surface area (Å²) >= 11 is 2.91. The van der Waals surface area contributed by atoms with Gasteiger partial charge in [0.15, 0.2) is 0 Å². The fourth-order valence-electron chi connectivity index (χ4n) is 1.25. The van der Waals surface area contributed by atoms with Crippen LogP contribution in [0.25, 0.3) is 0 Å².